The normalized spacial score (nSPS) is 15.2. The Morgan fingerprint density at radius 3 is 2.07 bits per heavy atom. The van der Waals surface area contributed by atoms with Gasteiger partial charge in [-0.1, -0.05) is 12.1 Å². The lowest BCUT2D eigenvalue weighted by molar-refractivity contribution is 0.0980. The first-order chi connectivity index (χ1) is 13.8. The van der Waals surface area contributed by atoms with E-state index >= 15 is 0 Å². The van der Waals surface area contributed by atoms with Gasteiger partial charge in [0.05, 0.1) is 0 Å². The highest BCUT2D eigenvalue weighted by Gasteiger charge is 2.23. The van der Waals surface area contributed by atoms with Crippen LogP contribution in [0.3, 0.4) is 0 Å². The molecule has 1 amide bonds. The number of aryl methyl sites for hydroxylation is 2. The van der Waals surface area contributed by atoms with E-state index in [1.54, 1.807) is 0 Å². The summed E-state index contributed by atoms with van der Waals surface area (Å²) >= 11 is 0. The van der Waals surface area contributed by atoms with Crippen LogP contribution >= 0.6 is 0 Å². The molecule has 0 bridgehead atoms. The summed E-state index contributed by atoms with van der Waals surface area (Å²) in [4.78, 5) is 20.2. The van der Waals surface area contributed by atoms with Crippen molar-refractivity contribution < 1.29 is 4.79 Å². The van der Waals surface area contributed by atoms with Gasteiger partial charge in [-0.3, -0.25) is 9.69 Å². The van der Waals surface area contributed by atoms with Gasteiger partial charge in [-0.15, -0.1) is 0 Å². The molecule has 1 saturated heterocycles. The van der Waals surface area contributed by atoms with Crippen molar-refractivity contribution in [3.8, 4) is 0 Å². The second-order valence-electron chi connectivity index (χ2n) is 8.72. The zero-order chi connectivity index (χ0) is 21.1. The summed E-state index contributed by atoms with van der Waals surface area (Å²) in [5.74, 6) is 0.0601. The molecule has 0 aliphatic carbocycles. The average Bonchev–Trinajstić information content (AvgIpc) is 2.70. The molecule has 1 aliphatic heterocycles. The molecule has 2 aromatic rings. The lowest BCUT2D eigenvalue weighted by Crippen LogP contribution is -2.48. The molecular weight excluding hydrogens is 358 g/mol. The molecule has 0 atom stereocenters. The molecule has 2 aromatic carbocycles. The maximum atomic E-state index is 13.4. The van der Waals surface area contributed by atoms with E-state index in [-0.39, 0.29) is 11.9 Å². The van der Waals surface area contributed by atoms with Gasteiger partial charge in [-0.2, -0.15) is 0 Å². The number of carbonyl (C=O) groups is 1. The quantitative estimate of drug-likeness (QED) is 0.724. The van der Waals surface area contributed by atoms with Gasteiger partial charge in [0.15, 0.2) is 0 Å². The first-order valence-corrected chi connectivity index (χ1v) is 10.8. The highest BCUT2D eigenvalue weighted by Crippen LogP contribution is 2.26. The first kappa shape index (κ1) is 21.4. The molecule has 1 heterocycles. The lowest BCUT2D eigenvalue weighted by atomic mass is 10.1. The number of anilines is 2. The topological polar surface area (TPSA) is 26.8 Å². The summed E-state index contributed by atoms with van der Waals surface area (Å²) in [6.07, 6.45) is 0. The van der Waals surface area contributed by atoms with Crippen LogP contribution in [0.5, 0.6) is 0 Å². The van der Waals surface area contributed by atoms with Crippen molar-refractivity contribution in [1.29, 1.82) is 0 Å². The van der Waals surface area contributed by atoms with E-state index in [4.69, 9.17) is 0 Å². The van der Waals surface area contributed by atoms with Gasteiger partial charge in [0, 0.05) is 55.2 Å². The number of benzene rings is 2. The van der Waals surface area contributed by atoms with Crippen LogP contribution in [-0.2, 0) is 0 Å². The van der Waals surface area contributed by atoms with Gasteiger partial charge in [0.2, 0.25) is 0 Å². The van der Waals surface area contributed by atoms with Crippen LogP contribution in [-0.4, -0.2) is 49.1 Å². The maximum Gasteiger partial charge on any atom is 0.258 e. The van der Waals surface area contributed by atoms with Crippen LogP contribution in [0.15, 0.2) is 42.5 Å². The Kier molecular flexibility index (Phi) is 6.63. The Hall–Kier alpha value is -2.33. The van der Waals surface area contributed by atoms with Crippen molar-refractivity contribution in [3.05, 3.63) is 59.2 Å². The zero-order valence-corrected chi connectivity index (χ0v) is 18.8. The van der Waals surface area contributed by atoms with Crippen molar-refractivity contribution >= 4 is 17.3 Å². The third-order valence-electron chi connectivity index (χ3n) is 5.88. The SMILES string of the molecule is Cc1ccc(C)c(N(C(=O)c2ccc(N3CCN(C(C)C)CC3)cc2)C(C)C)c1. The Labute approximate surface area is 176 Å². The molecule has 0 N–H and O–H groups in total. The molecular formula is C25H35N3O. The number of hydrogen-bond acceptors (Lipinski definition) is 3. The van der Waals surface area contributed by atoms with Crippen LogP contribution in [0, 0.1) is 13.8 Å². The first-order valence-electron chi connectivity index (χ1n) is 10.8. The van der Waals surface area contributed by atoms with Crippen molar-refractivity contribution in [2.45, 2.75) is 53.6 Å². The number of carbonyl (C=O) groups excluding carboxylic acids is 1. The Bertz CT molecular complexity index is 834. The minimum absolute atomic E-state index is 0.0601. The molecule has 3 rings (SSSR count). The molecule has 0 unspecified atom stereocenters. The molecule has 29 heavy (non-hydrogen) atoms. The molecule has 0 aromatic heterocycles. The smallest absolute Gasteiger partial charge is 0.258 e. The molecule has 4 nitrogen and oxygen atoms in total. The largest absolute Gasteiger partial charge is 0.369 e. The third kappa shape index (κ3) is 4.81. The molecule has 1 fully saturated rings. The van der Waals surface area contributed by atoms with Gasteiger partial charge in [-0.05, 0) is 83.0 Å². The van der Waals surface area contributed by atoms with Crippen LogP contribution in [0.1, 0.15) is 49.2 Å². The van der Waals surface area contributed by atoms with Crippen LogP contribution in [0.4, 0.5) is 11.4 Å². The molecule has 0 saturated carbocycles. The van der Waals surface area contributed by atoms with Crippen LogP contribution in [0.25, 0.3) is 0 Å². The third-order valence-corrected chi connectivity index (χ3v) is 5.88. The number of amides is 1. The van der Waals surface area contributed by atoms with Crippen molar-refractivity contribution in [2.75, 3.05) is 36.0 Å². The van der Waals surface area contributed by atoms with Crippen molar-refractivity contribution in [1.82, 2.24) is 4.90 Å². The predicted octanol–water partition coefficient (Wildman–Crippen LogP) is 4.89. The van der Waals surface area contributed by atoms with Crippen LogP contribution in [0.2, 0.25) is 0 Å². The van der Waals surface area contributed by atoms with Gasteiger partial charge < -0.3 is 9.80 Å². The monoisotopic (exact) mass is 393 g/mol. The number of piperazine rings is 1. The summed E-state index contributed by atoms with van der Waals surface area (Å²) in [6, 6.07) is 15.1. The van der Waals surface area contributed by atoms with Gasteiger partial charge in [0.25, 0.3) is 5.91 Å². The predicted molar refractivity (Wildman–Crippen MR) is 123 cm³/mol. The van der Waals surface area contributed by atoms with E-state index in [1.807, 2.05) is 17.0 Å². The lowest BCUT2D eigenvalue weighted by Gasteiger charge is -2.38. The fourth-order valence-corrected chi connectivity index (χ4v) is 4.05. The second-order valence-corrected chi connectivity index (χ2v) is 8.72. The zero-order valence-electron chi connectivity index (χ0n) is 18.8. The van der Waals surface area contributed by atoms with E-state index in [0.717, 1.165) is 43.0 Å². The van der Waals surface area contributed by atoms with E-state index in [1.165, 1.54) is 11.3 Å². The number of rotatable bonds is 5. The summed E-state index contributed by atoms with van der Waals surface area (Å²) < 4.78 is 0. The van der Waals surface area contributed by atoms with E-state index < -0.39 is 0 Å². The summed E-state index contributed by atoms with van der Waals surface area (Å²) in [6.45, 7) is 17.0. The van der Waals surface area contributed by atoms with E-state index in [2.05, 4.69) is 81.7 Å². The average molecular weight is 394 g/mol. The highest BCUT2D eigenvalue weighted by atomic mass is 16.2. The Morgan fingerprint density at radius 2 is 1.52 bits per heavy atom. The molecule has 1 aliphatic rings. The highest BCUT2D eigenvalue weighted by molar-refractivity contribution is 6.07. The van der Waals surface area contributed by atoms with E-state index in [9.17, 15) is 4.79 Å². The number of hydrogen-bond donors (Lipinski definition) is 0. The second kappa shape index (κ2) is 9.00. The minimum atomic E-state index is 0.0601. The molecule has 4 heteroatoms. The van der Waals surface area contributed by atoms with Gasteiger partial charge in [-0.25, -0.2) is 0 Å². The molecule has 0 radical (unpaired) electrons. The summed E-state index contributed by atoms with van der Waals surface area (Å²) in [5, 5.41) is 0. The van der Waals surface area contributed by atoms with Crippen molar-refractivity contribution in [3.63, 3.8) is 0 Å². The van der Waals surface area contributed by atoms with E-state index in [0.29, 0.717) is 6.04 Å². The Morgan fingerprint density at radius 1 is 0.897 bits per heavy atom. The van der Waals surface area contributed by atoms with Gasteiger partial charge in [0.1, 0.15) is 0 Å². The minimum Gasteiger partial charge on any atom is -0.369 e. The molecule has 0 spiro atoms. The summed E-state index contributed by atoms with van der Waals surface area (Å²) in [5.41, 5.74) is 5.23. The standard InChI is InChI=1S/C25H35N3O/c1-18(2)26-13-15-27(16-14-26)23-11-9-22(10-12-23)25(29)28(19(3)4)24-17-20(5)7-8-21(24)6/h7-12,17-19H,13-16H2,1-6H3. The van der Waals surface area contributed by atoms with Crippen molar-refractivity contribution in [2.24, 2.45) is 0 Å². The summed E-state index contributed by atoms with van der Waals surface area (Å²) in [7, 11) is 0. The van der Waals surface area contributed by atoms with Crippen LogP contribution < -0.4 is 9.80 Å². The fraction of sp³-hybridized carbons (Fsp3) is 0.480. The maximum absolute atomic E-state index is 13.4. The number of nitrogens with zero attached hydrogens (tertiary/aromatic N) is 3. The fourth-order valence-electron chi connectivity index (χ4n) is 4.05. The Balaban J connectivity index is 1.77. The van der Waals surface area contributed by atoms with Gasteiger partial charge >= 0.3 is 0 Å². The molecule has 156 valence electrons.